The van der Waals surface area contributed by atoms with Gasteiger partial charge in [-0.05, 0) is 37.0 Å². The van der Waals surface area contributed by atoms with Crippen LogP contribution in [0.1, 0.15) is 37.0 Å². The first-order chi connectivity index (χ1) is 9.61. The Balaban J connectivity index is 0.00000220. The zero-order valence-electron chi connectivity index (χ0n) is 12.7. The summed E-state index contributed by atoms with van der Waals surface area (Å²) in [5, 5.41) is 0. The van der Waals surface area contributed by atoms with Gasteiger partial charge in [-0.25, -0.2) is 0 Å². The molecule has 1 aromatic rings. The van der Waals surface area contributed by atoms with Crippen LogP contribution in [0.2, 0.25) is 0 Å². The third-order valence-corrected chi connectivity index (χ3v) is 3.57. The van der Waals surface area contributed by atoms with Crippen molar-refractivity contribution in [3.63, 3.8) is 0 Å². The molecule has 2 rings (SSSR count). The monoisotopic (exact) mass is 312 g/mol. The van der Waals surface area contributed by atoms with Gasteiger partial charge in [-0.3, -0.25) is 4.79 Å². The lowest BCUT2D eigenvalue weighted by Crippen LogP contribution is -2.39. The molecule has 0 saturated carbocycles. The van der Waals surface area contributed by atoms with Crippen LogP contribution in [0, 0.1) is 5.92 Å². The van der Waals surface area contributed by atoms with Gasteiger partial charge in [-0.2, -0.15) is 0 Å². The van der Waals surface area contributed by atoms with Crippen molar-refractivity contribution in [3.8, 4) is 5.75 Å². The van der Waals surface area contributed by atoms with Gasteiger partial charge in [0.15, 0.2) is 0 Å². The Kier molecular flexibility index (Phi) is 6.99. The van der Waals surface area contributed by atoms with E-state index in [0.717, 1.165) is 25.1 Å². The summed E-state index contributed by atoms with van der Waals surface area (Å²) < 4.78 is 5.68. The molecule has 1 heterocycles. The van der Waals surface area contributed by atoms with Gasteiger partial charge in [-0.1, -0.05) is 19.9 Å². The van der Waals surface area contributed by atoms with Crippen LogP contribution in [0.15, 0.2) is 24.3 Å². The molecule has 1 unspecified atom stereocenters. The number of amides is 1. The van der Waals surface area contributed by atoms with Crippen molar-refractivity contribution < 1.29 is 9.53 Å². The van der Waals surface area contributed by atoms with Gasteiger partial charge < -0.3 is 15.4 Å². The standard InChI is InChI=1S/C16H24N2O2.ClH/c1-12(2)11-20-15-7-3-5-13(9-15)16(19)18-8-4-6-14(18)10-17;/h3,5,7,9,12,14H,4,6,8,10-11,17H2,1-2H3;1H. The fraction of sp³-hybridized carbons (Fsp3) is 0.562. The van der Waals surface area contributed by atoms with Gasteiger partial charge in [0.25, 0.3) is 5.91 Å². The summed E-state index contributed by atoms with van der Waals surface area (Å²) in [4.78, 5) is 14.4. The first kappa shape index (κ1) is 17.8. The largest absolute Gasteiger partial charge is 0.493 e. The summed E-state index contributed by atoms with van der Waals surface area (Å²) in [5.74, 6) is 1.29. The highest BCUT2D eigenvalue weighted by Gasteiger charge is 2.28. The number of halogens is 1. The number of rotatable bonds is 5. The van der Waals surface area contributed by atoms with Crippen molar-refractivity contribution in [3.05, 3.63) is 29.8 Å². The third-order valence-electron chi connectivity index (χ3n) is 3.57. The number of carbonyl (C=O) groups excluding carboxylic acids is 1. The molecule has 1 aliphatic heterocycles. The Morgan fingerprint density at radius 3 is 2.90 bits per heavy atom. The Morgan fingerprint density at radius 2 is 2.24 bits per heavy atom. The van der Waals surface area contributed by atoms with E-state index in [0.29, 0.717) is 24.6 Å². The predicted octanol–water partition coefficient (Wildman–Crippen LogP) is 2.71. The maximum Gasteiger partial charge on any atom is 0.254 e. The van der Waals surface area contributed by atoms with E-state index in [2.05, 4.69) is 13.8 Å². The summed E-state index contributed by atoms with van der Waals surface area (Å²) in [6, 6.07) is 7.62. The summed E-state index contributed by atoms with van der Waals surface area (Å²) >= 11 is 0. The van der Waals surface area contributed by atoms with Gasteiger partial charge in [0.05, 0.1) is 6.61 Å². The number of benzene rings is 1. The molecular formula is C16H25ClN2O2. The molecule has 0 aromatic heterocycles. The smallest absolute Gasteiger partial charge is 0.254 e. The number of carbonyl (C=O) groups is 1. The second kappa shape index (κ2) is 8.25. The molecule has 118 valence electrons. The molecule has 1 aromatic carbocycles. The Morgan fingerprint density at radius 1 is 1.48 bits per heavy atom. The molecule has 0 bridgehead atoms. The van der Waals surface area contributed by atoms with Crippen molar-refractivity contribution in [1.29, 1.82) is 0 Å². The minimum Gasteiger partial charge on any atom is -0.493 e. The third kappa shape index (κ3) is 4.61. The highest BCUT2D eigenvalue weighted by Crippen LogP contribution is 2.21. The number of ether oxygens (including phenoxy) is 1. The van der Waals surface area contributed by atoms with E-state index in [1.54, 1.807) is 0 Å². The lowest BCUT2D eigenvalue weighted by Gasteiger charge is -2.23. The maximum absolute atomic E-state index is 12.5. The first-order valence-electron chi connectivity index (χ1n) is 7.35. The molecule has 0 aliphatic carbocycles. The molecule has 21 heavy (non-hydrogen) atoms. The SMILES string of the molecule is CC(C)COc1cccc(C(=O)N2CCCC2CN)c1.Cl. The number of likely N-dealkylation sites (tertiary alicyclic amines) is 1. The van der Waals surface area contributed by atoms with Crippen LogP contribution in [0.4, 0.5) is 0 Å². The van der Waals surface area contributed by atoms with E-state index in [1.165, 1.54) is 0 Å². The van der Waals surface area contributed by atoms with Crippen LogP contribution in [-0.4, -0.2) is 36.5 Å². The number of nitrogens with zero attached hydrogens (tertiary/aromatic N) is 1. The molecule has 5 heteroatoms. The van der Waals surface area contributed by atoms with Crippen LogP contribution in [-0.2, 0) is 0 Å². The van der Waals surface area contributed by atoms with E-state index >= 15 is 0 Å². The quantitative estimate of drug-likeness (QED) is 0.909. The fourth-order valence-corrected chi connectivity index (χ4v) is 2.50. The van der Waals surface area contributed by atoms with E-state index in [1.807, 2.05) is 29.2 Å². The van der Waals surface area contributed by atoms with Gasteiger partial charge in [0.2, 0.25) is 0 Å². The summed E-state index contributed by atoms with van der Waals surface area (Å²) in [6.07, 6.45) is 2.04. The number of hydrogen-bond acceptors (Lipinski definition) is 3. The Hall–Kier alpha value is -1.26. The summed E-state index contributed by atoms with van der Waals surface area (Å²) in [7, 11) is 0. The highest BCUT2D eigenvalue weighted by molar-refractivity contribution is 5.95. The average molecular weight is 313 g/mol. The molecule has 1 fully saturated rings. The van der Waals surface area contributed by atoms with Crippen LogP contribution in [0.25, 0.3) is 0 Å². The zero-order chi connectivity index (χ0) is 14.5. The lowest BCUT2D eigenvalue weighted by molar-refractivity contribution is 0.0740. The van der Waals surface area contributed by atoms with Crippen molar-refractivity contribution in [2.24, 2.45) is 11.7 Å². The number of hydrogen-bond donors (Lipinski definition) is 1. The summed E-state index contributed by atoms with van der Waals surface area (Å²) in [5.41, 5.74) is 6.42. The van der Waals surface area contributed by atoms with Crippen LogP contribution in [0.5, 0.6) is 5.75 Å². The molecule has 0 radical (unpaired) electrons. The highest BCUT2D eigenvalue weighted by atomic mass is 35.5. The van der Waals surface area contributed by atoms with Gasteiger partial charge in [0.1, 0.15) is 5.75 Å². The maximum atomic E-state index is 12.5. The van der Waals surface area contributed by atoms with Crippen LogP contribution in [0.3, 0.4) is 0 Å². The van der Waals surface area contributed by atoms with Crippen molar-refractivity contribution >= 4 is 18.3 Å². The molecule has 2 N–H and O–H groups in total. The van der Waals surface area contributed by atoms with Crippen LogP contribution >= 0.6 is 12.4 Å². The van der Waals surface area contributed by atoms with E-state index < -0.39 is 0 Å². The van der Waals surface area contributed by atoms with E-state index in [-0.39, 0.29) is 24.4 Å². The Labute approximate surface area is 133 Å². The van der Waals surface area contributed by atoms with Gasteiger partial charge in [-0.15, -0.1) is 12.4 Å². The van der Waals surface area contributed by atoms with Crippen molar-refractivity contribution in [1.82, 2.24) is 4.90 Å². The van der Waals surface area contributed by atoms with Crippen LogP contribution < -0.4 is 10.5 Å². The molecule has 4 nitrogen and oxygen atoms in total. The molecule has 1 aliphatic rings. The lowest BCUT2D eigenvalue weighted by atomic mass is 10.1. The van der Waals surface area contributed by atoms with Gasteiger partial charge in [0, 0.05) is 24.7 Å². The molecule has 1 atom stereocenters. The molecular weight excluding hydrogens is 288 g/mol. The first-order valence-corrected chi connectivity index (χ1v) is 7.35. The molecule has 1 amide bonds. The van der Waals surface area contributed by atoms with Crippen molar-refractivity contribution in [2.45, 2.75) is 32.7 Å². The van der Waals surface area contributed by atoms with E-state index in [4.69, 9.17) is 10.5 Å². The summed E-state index contributed by atoms with van der Waals surface area (Å²) in [6.45, 7) is 6.20. The normalized spacial score (nSPS) is 17.7. The zero-order valence-corrected chi connectivity index (χ0v) is 13.6. The topological polar surface area (TPSA) is 55.6 Å². The fourth-order valence-electron chi connectivity index (χ4n) is 2.50. The average Bonchev–Trinajstić information content (AvgIpc) is 2.93. The Bertz CT molecular complexity index is 465. The second-order valence-electron chi connectivity index (χ2n) is 5.76. The molecule has 1 saturated heterocycles. The van der Waals surface area contributed by atoms with Gasteiger partial charge >= 0.3 is 0 Å². The molecule has 0 spiro atoms. The van der Waals surface area contributed by atoms with E-state index in [9.17, 15) is 4.79 Å². The number of nitrogens with two attached hydrogens (primary N) is 1. The minimum atomic E-state index is 0. The van der Waals surface area contributed by atoms with Crippen molar-refractivity contribution in [2.75, 3.05) is 19.7 Å². The minimum absolute atomic E-state index is 0. The second-order valence-corrected chi connectivity index (χ2v) is 5.76. The predicted molar refractivity (Wildman–Crippen MR) is 87.1 cm³/mol.